The summed E-state index contributed by atoms with van der Waals surface area (Å²) in [5.41, 5.74) is 1.38. The molecule has 0 saturated carbocycles. The standard InChI is InChI=1S/C25H21F2N3O2/c26-21-13-12-18(15-22(21)27)24-19-10-4-5-11-20(19)25(32)30(29-24)16-23(31)28-14-6-9-17-7-2-1-3-8-17/h1-5,7-8,10-13,15H,6,9,14,16H2,(H,28,31). The zero-order valence-electron chi connectivity index (χ0n) is 17.2. The third-order valence-corrected chi connectivity index (χ3v) is 5.16. The number of fused-ring (bicyclic) bond motifs is 1. The first-order chi connectivity index (χ1) is 15.5. The van der Waals surface area contributed by atoms with Gasteiger partial charge in [0, 0.05) is 17.5 Å². The third kappa shape index (κ3) is 4.72. The lowest BCUT2D eigenvalue weighted by Gasteiger charge is -2.12. The first-order valence-electron chi connectivity index (χ1n) is 10.3. The van der Waals surface area contributed by atoms with Crippen molar-refractivity contribution in [3.8, 4) is 11.3 Å². The van der Waals surface area contributed by atoms with Gasteiger partial charge in [0.1, 0.15) is 6.54 Å². The maximum absolute atomic E-state index is 13.8. The highest BCUT2D eigenvalue weighted by Crippen LogP contribution is 2.25. The van der Waals surface area contributed by atoms with Gasteiger partial charge in [-0.2, -0.15) is 5.10 Å². The first kappa shape index (κ1) is 21.4. The molecular formula is C25H21F2N3O2. The van der Waals surface area contributed by atoms with Gasteiger partial charge in [-0.3, -0.25) is 9.59 Å². The lowest BCUT2D eigenvalue weighted by atomic mass is 10.0. The highest BCUT2D eigenvalue weighted by molar-refractivity contribution is 5.93. The molecule has 0 saturated heterocycles. The molecule has 0 aliphatic heterocycles. The minimum atomic E-state index is -1.01. The summed E-state index contributed by atoms with van der Waals surface area (Å²) in [7, 11) is 0. The van der Waals surface area contributed by atoms with E-state index in [4.69, 9.17) is 0 Å². The van der Waals surface area contributed by atoms with Crippen LogP contribution >= 0.6 is 0 Å². The Kier molecular flexibility index (Phi) is 6.35. The fraction of sp³-hybridized carbons (Fsp3) is 0.160. The van der Waals surface area contributed by atoms with Gasteiger partial charge < -0.3 is 5.32 Å². The Hall–Kier alpha value is -3.87. The van der Waals surface area contributed by atoms with Crippen molar-refractivity contribution in [1.82, 2.24) is 15.1 Å². The molecule has 162 valence electrons. The third-order valence-electron chi connectivity index (χ3n) is 5.16. The number of carbonyl (C=O) groups excluding carboxylic acids is 1. The van der Waals surface area contributed by atoms with Crippen LogP contribution in [-0.2, 0) is 17.8 Å². The average molecular weight is 433 g/mol. The van der Waals surface area contributed by atoms with Gasteiger partial charge in [0.25, 0.3) is 5.56 Å². The van der Waals surface area contributed by atoms with Gasteiger partial charge in [0.05, 0.1) is 11.1 Å². The molecule has 0 unspecified atom stereocenters. The topological polar surface area (TPSA) is 64.0 Å². The van der Waals surface area contributed by atoms with Crippen LogP contribution < -0.4 is 10.9 Å². The van der Waals surface area contributed by atoms with E-state index in [-0.39, 0.29) is 12.5 Å². The van der Waals surface area contributed by atoms with Gasteiger partial charge in [-0.05, 0) is 42.7 Å². The minimum absolute atomic E-state index is 0.272. The zero-order chi connectivity index (χ0) is 22.5. The molecule has 4 rings (SSSR count). The van der Waals surface area contributed by atoms with E-state index < -0.39 is 17.2 Å². The van der Waals surface area contributed by atoms with Gasteiger partial charge in [0.2, 0.25) is 5.91 Å². The SMILES string of the molecule is O=C(Cn1nc(-c2ccc(F)c(F)c2)c2ccccc2c1=O)NCCCc1ccccc1. The first-order valence-corrected chi connectivity index (χ1v) is 10.3. The molecule has 1 aromatic heterocycles. The number of halogens is 2. The molecule has 0 aliphatic rings. The van der Waals surface area contributed by atoms with Crippen molar-refractivity contribution >= 4 is 16.7 Å². The fourth-order valence-electron chi connectivity index (χ4n) is 3.56. The van der Waals surface area contributed by atoms with E-state index in [0.29, 0.717) is 28.6 Å². The fourth-order valence-corrected chi connectivity index (χ4v) is 3.56. The van der Waals surface area contributed by atoms with Crippen LogP contribution in [0.5, 0.6) is 0 Å². The van der Waals surface area contributed by atoms with Crippen LogP contribution in [0.25, 0.3) is 22.0 Å². The molecule has 0 spiro atoms. The maximum atomic E-state index is 13.8. The number of aromatic nitrogens is 2. The lowest BCUT2D eigenvalue weighted by molar-refractivity contribution is -0.121. The largest absolute Gasteiger partial charge is 0.354 e. The molecular weight excluding hydrogens is 412 g/mol. The number of rotatable bonds is 7. The molecule has 0 fully saturated rings. The van der Waals surface area contributed by atoms with Crippen LogP contribution in [0, 0.1) is 11.6 Å². The number of nitrogens with one attached hydrogen (secondary N) is 1. The zero-order valence-corrected chi connectivity index (χ0v) is 17.2. The van der Waals surface area contributed by atoms with Crippen LogP contribution in [-0.4, -0.2) is 22.2 Å². The second kappa shape index (κ2) is 9.51. The summed E-state index contributed by atoms with van der Waals surface area (Å²) in [5, 5.41) is 7.96. The number of benzene rings is 3. The van der Waals surface area contributed by atoms with Gasteiger partial charge in [-0.1, -0.05) is 48.5 Å². The summed E-state index contributed by atoms with van der Waals surface area (Å²) in [6.45, 7) is 0.192. The molecule has 1 amide bonds. The molecule has 0 atom stereocenters. The van der Waals surface area contributed by atoms with E-state index in [9.17, 15) is 18.4 Å². The van der Waals surface area contributed by atoms with Crippen molar-refractivity contribution in [2.45, 2.75) is 19.4 Å². The number of carbonyl (C=O) groups is 1. The van der Waals surface area contributed by atoms with Gasteiger partial charge >= 0.3 is 0 Å². The highest BCUT2D eigenvalue weighted by atomic mass is 19.2. The molecule has 0 bridgehead atoms. The number of nitrogens with zero attached hydrogens (tertiary/aromatic N) is 2. The van der Waals surface area contributed by atoms with Gasteiger partial charge in [-0.15, -0.1) is 0 Å². The monoisotopic (exact) mass is 433 g/mol. The number of aryl methyl sites for hydroxylation is 1. The number of hydrogen-bond donors (Lipinski definition) is 1. The lowest BCUT2D eigenvalue weighted by Crippen LogP contribution is -2.34. The van der Waals surface area contributed by atoms with E-state index in [1.807, 2.05) is 30.3 Å². The minimum Gasteiger partial charge on any atom is -0.354 e. The second-order valence-electron chi connectivity index (χ2n) is 7.42. The van der Waals surface area contributed by atoms with E-state index in [2.05, 4.69) is 10.4 Å². The Bertz CT molecular complexity index is 1320. The normalized spacial score (nSPS) is 10.9. The summed E-state index contributed by atoms with van der Waals surface area (Å²) in [6, 6.07) is 20.1. The molecule has 1 N–H and O–H groups in total. The Balaban J connectivity index is 1.54. The predicted molar refractivity (Wildman–Crippen MR) is 119 cm³/mol. The van der Waals surface area contributed by atoms with Gasteiger partial charge in [-0.25, -0.2) is 13.5 Å². The van der Waals surface area contributed by atoms with Crippen molar-refractivity contribution in [2.75, 3.05) is 6.54 Å². The smallest absolute Gasteiger partial charge is 0.275 e. The van der Waals surface area contributed by atoms with Crippen LogP contribution in [0.1, 0.15) is 12.0 Å². The van der Waals surface area contributed by atoms with Crippen LogP contribution in [0.2, 0.25) is 0 Å². The van der Waals surface area contributed by atoms with Gasteiger partial charge in [0.15, 0.2) is 11.6 Å². The van der Waals surface area contributed by atoms with E-state index >= 15 is 0 Å². The van der Waals surface area contributed by atoms with Crippen molar-refractivity contribution in [1.29, 1.82) is 0 Å². The Morgan fingerprint density at radius 3 is 2.38 bits per heavy atom. The molecule has 5 nitrogen and oxygen atoms in total. The maximum Gasteiger partial charge on any atom is 0.275 e. The summed E-state index contributed by atoms with van der Waals surface area (Å²) in [5.74, 6) is -2.33. The Morgan fingerprint density at radius 2 is 1.62 bits per heavy atom. The van der Waals surface area contributed by atoms with E-state index in [1.165, 1.54) is 11.6 Å². The average Bonchev–Trinajstić information content (AvgIpc) is 2.81. The molecule has 1 heterocycles. The molecule has 0 radical (unpaired) electrons. The summed E-state index contributed by atoms with van der Waals surface area (Å²) >= 11 is 0. The quantitative estimate of drug-likeness (QED) is 0.447. The van der Waals surface area contributed by atoms with Crippen molar-refractivity contribution in [3.05, 3.63) is 100 Å². The predicted octanol–water partition coefficient (Wildman–Crippen LogP) is 4.09. The Labute approximate surface area is 183 Å². The molecule has 7 heteroatoms. The Morgan fingerprint density at radius 1 is 0.906 bits per heavy atom. The summed E-state index contributed by atoms with van der Waals surface area (Å²) in [4.78, 5) is 25.3. The second-order valence-corrected chi connectivity index (χ2v) is 7.42. The highest BCUT2D eigenvalue weighted by Gasteiger charge is 2.15. The summed E-state index contributed by atoms with van der Waals surface area (Å²) < 4.78 is 28.3. The van der Waals surface area contributed by atoms with Crippen LogP contribution in [0.4, 0.5) is 8.78 Å². The van der Waals surface area contributed by atoms with Crippen molar-refractivity contribution in [2.24, 2.45) is 0 Å². The van der Waals surface area contributed by atoms with Crippen molar-refractivity contribution in [3.63, 3.8) is 0 Å². The molecule has 3 aromatic carbocycles. The molecule has 32 heavy (non-hydrogen) atoms. The van der Waals surface area contributed by atoms with Crippen LogP contribution in [0.3, 0.4) is 0 Å². The molecule has 0 aliphatic carbocycles. The number of hydrogen-bond acceptors (Lipinski definition) is 3. The van der Waals surface area contributed by atoms with E-state index in [1.54, 1.807) is 24.3 Å². The van der Waals surface area contributed by atoms with E-state index in [0.717, 1.165) is 29.7 Å². The van der Waals surface area contributed by atoms with Crippen molar-refractivity contribution < 1.29 is 13.6 Å². The molecule has 4 aromatic rings. The number of amides is 1. The van der Waals surface area contributed by atoms with Crippen LogP contribution in [0.15, 0.2) is 77.6 Å². The summed E-state index contributed by atoms with van der Waals surface area (Å²) in [6.07, 6.45) is 1.59.